The summed E-state index contributed by atoms with van der Waals surface area (Å²) < 4.78 is 14.2. The third-order valence-electron chi connectivity index (χ3n) is 3.71. The molecular formula is C18H18FN5O2S. The Bertz CT molecular complexity index is 1010. The number of anilines is 1. The Hall–Kier alpha value is -3.07. The highest BCUT2D eigenvalue weighted by molar-refractivity contribution is 7.15. The van der Waals surface area contributed by atoms with Crippen LogP contribution >= 0.6 is 11.3 Å². The molecule has 9 heteroatoms. The van der Waals surface area contributed by atoms with Crippen LogP contribution in [0.25, 0.3) is 10.6 Å². The number of hydrogen-bond acceptors (Lipinski definition) is 5. The van der Waals surface area contributed by atoms with E-state index in [0.29, 0.717) is 11.4 Å². The fourth-order valence-electron chi connectivity index (χ4n) is 2.48. The van der Waals surface area contributed by atoms with Gasteiger partial charge in [0.1, 0.15) is 11.5 Å². The summed E-state index contributed by atoms with van der Waals surface area (Å²) in [6.45, 7) is 4.25. The van der Waals surface area contributed by atoms with E-state index in [1.807, 2.05) is 13.8 Å². The summed E-state index contributed by atoms with van der Waals surface area (Å²) in [6.07, 6.45) is 0. The third kappa shape index (κ3) is 4.76. The minimum absolute atomic E-state index is 0.212. The first-order valence-electron chi connectivity index (χ1n) is 8.25. The quantitative estimate of drug-likeness (QED) is 0.704. The molecule has 1 aromatic carbocycles. The van der Waals surface area contributed by atoms with Gasteiger partial charge in [0.2, 0.25) is 0 Å². The van der Waals surface area contributed by atoms with E-state index in [9.17, 15) is 14.0 Å². The Morgan fingerprint density at radius 1 is 1.19 bits per heavy atom. The maximum absolute atomic E-state index is 12.9. The van der Waals surface area contributed by atoms with E-state index >= 15 is 0 Å². The second-order valence-corrected chi connectivity index (χ2v) is 7.02. The van der Waals surface area contributed by atoms with Crippen LogP contribution in [0.1, 0.15) is 10.7 Å². The highest BCUT2D eigenvalue weighted by Crippen LogP contribution is 2.27. The van der Waals surface area contributed by atoms with E-state index in [4.69, 9.17) is 0 Å². The number of aryl methyl sites for hydroxylation is 2. The van der Waals surface area contributed by atoms with Gasteiger partial charge in [-0.15, -0.1) is 11.3 Å². The number of hydrogen-bond donors (Lipinski definition) is 2. The topological polar surface area (TPSA) is 88.9 Å². The van der Waals surface area contributed by atoms with Crippen molar-refractivity contribution in [2.24, 2.45) is 0 Å². The van der Waals surface area contributed by atoms with Gasteiger partial charge in [-0.2, -0.15) is 5.10 Å². The predicted molar refractivity (Wildman–Crippen MR) is 103 cm³/mol. The molecule has 0 saturated carbocycles. The monoisotopic (exact) mass is 387 g/mol. The van der Waals surface area contributed by atoms with E-state index < -0.39 is 6.03 Å². The molecule has 2 N–H and O–H groups in total. The lowest BCUT2D eigenvalue weighted by molar-refractivity contribution is 0.251. The number of aromatic nitrogens is 3. The smallest absolute Gasteiger partial charge is 0.319 e. The standard InChI is InChI=1S/C18H18FN5O2S/c1-11-17(27-12(2)21-11)15-7-8-16(25)24(23-15)10-9-20-18(26)22-14-5-3-13(19)4-6-14/h3-8H,9-10H2,1-2H3,(H2,20,22,26). The lowest BCUT2D eigenvalue weighted by Crippen LogP contribution is -2.34. The number of carbonyl (C=O) groups excluding carboxylic acids is 1. The predicted octanol–water partition coefficient (Wildman–Crippen LogP) is 2.94. The Labute approximate surface area is 158 Å². The minimum atomic E-state index is -0.445. The molecule has 0 saturated heterocycles. The van der Waals surface area contributed by atoms with Gasteiger partial charge in [-0.25, -0.2) is 18.9 Å². The molecular weight excluding hydrogens is 369 g/mol. The lowest BCUT2D eigenvalue weighted by atomic mass is 10.3. The summed E-state index contributed by atoms with van der Waals surface area (Å²) in [4.78, 5) is 29.2. The van der Waals surface area contributed by atoms with Crippen molar-refractivity contribution in [3.8, 4) is 10.6 Å². The number of rotatable bonds is 5. The van der Waals surface area contributed by atoms with Crippen molar-refractivity contribution in [3.05, 3.63) is 63.3 Å². The molecule has 0 aliphatic heterocycles. The van der Waals surface area contributed by atoms with E-state index in [2.05, 4.69) is 20.7 Å². The molecule has 0 radical (unpaired) electrons. The van der Waals surface area contributed by atoms with Crippen LogP contribution in [0.4, 0.5) is 14.9 Å². The van der Waals surface area contributed by atoms with Crippen LogP contribution in [0.3, 0.4) is 0 Å². The molecule has 2 aromatic heterocycles. The number of amides is 2. The number of halogens is 1. The van der Waals surface area contributed by atoms with Gasteiger partial charge in [0.15, 0.2) is 0 Å². The maximum Gasteiger partial charge on any atom is 0.319 e. The Morgan fingerprint density at radius 2 is 1.93 bits per heavy atom. The van der Waals surface area contributed by atoms with E-state index in [1.54, 1.807) is 6.07 Å². The molecule has 2 amide bonds. The van der Waals surface area contributed by atoms with Crippen molar-refractivity contribution in [1.82, 2.24) is 20.1 Å². The average molecular weight is 387 g/mol. The average Bonchev–Trinajstić information content (AvgIpc) is 2.97. The van der Waals surface area contributed by atoms with Crippen LogP contribution in [-0.2, 0) is 6.54 Å². The third-order valence-corrected chi connectivity index (χ3v) is 4.81. The molecule has 2 heterocycles. The number of nitrogens with one attached hydrogen (secondary N) is 2. The van der Waals surface area contributed by atoms with Gasteiger partial charge in [0, 0.05) is 18.3 Å². The highest BCUT2D eigenvalue weighted by Gasteiger charge is 2.11. The summed E-state index contributed by atoms with van der Waals surface area (Å²) in [5, 5.41) is 10.5. The molecule has 140 valence electrons. The highest BCUT2D eigenvalue weighted by atomic mass is 32.1. The summed E-state index contributed by atoms with van der Waals surface area (Å²) in [5.74, 6) is -0.377. The first-order chi connectivity index (χ1) is 12.9. The van der Waals surface area contributed by atoms with Crippen LogP contribution in [0.5, 0.6) is 0 Å². The van der Waals surface area contributed by atoms with Gasteiger partial charge in [-0.1, -0.05) is 0 Å². The largest absolute Gasteiger partial charge is 0.336 e. The number of benzene rings is 1. The molecule has 0 bridgehead atoms. The minimum Gasteiger partial charge on any atom is -0.336 e. The number of urea groups is 1. The first kappa shape index (κ1) is 18.7. The van der Waals surface area contributed by atoms with Gasteiger partial charge in [0.25, 0.3) is 5.56 Å². The fourth-order valence-corrected chi connectivity index (χ4v) is 3.37. The Balaban J connectivity index is 1.61. The summed E-state index contributed by atoms with van der Waals surface area (Å²) in [7, 11) is 0. The molecule has 0 aliphatic rings. The molecule has 0 fully saturated rings. The molecule has 27 heavy (non-hydrogen) atoms. The zero-order valence-electron chi connectivity index (χ0n) is 14.8. The molecule has 7 nitrogen and oxygen atoms in total. The normalized spacial score (nSPS) is 10.6. The molecule has 0 spiro atoms. The molecule has 3 rings (SSSR count). The van der Waals surface area contributed by atoms with Crippen molar-refractivity contribution in [3.63, 3.8) is 0 Å². The van der Waals surface area contributed by atoms with Gasteiger partial charge in [-0.3, -0.25) is 4.79 Å². The van der Waals surface area contributed by atoms with Crippen LogP contribution < -0.4 is 16.2 Å². The lowest BCUT2D eigenvalue weighted by Gasteiger charge is -2.09. The number of carbonyl (C=O) groups is 1. The SMILES string of the molecule is Cc1nc(C)c(-c2ccc(=O)n(CCNC(=O)Nc3ccc(F)cc3)n2)s1. The molecule has 0 atom stereocenters. The van der Waals surface area contributed by atoms with Gasteiger partial charge in [-0.05, 0) is 44.2 Å². The maximum atomic E-state index is 12.9. The fraction of sp³-hybridized carbons (Fsp3) is 0.222. The first-order valence-corrected chi connectivity index (χ1v) is 9.07. The summed E-state index contributed by atoms with van der Waals surface area (Å²) >= 11 is 1.52. The zero-order chi connectivity index (χ0) is 19.4. The zero-order valence-corrected chi connectivity index (χ0v) is 15.6. The Morgan fingerprint density at radius 3 is 2.59 bits per heavy atom. The summed E-state index contributed by atoms with van der Waals surface area (Å²) in [5.41, 5.74) is 1.76. The van der Waals surface area contributed by atoms with Gasteiger partial charge >= 0.3 is 6.03 Å². The van der Waals surface area contributed by atoms with Crippen molar-refractivity contribution in [1.29, 1.82) is 0 Å². The van der Waals surface area contributed by atoms with Gasteiger partial charge in [0.05, 0.1) is 22.1 Å². The van der Waals surface area contributed by atoms with Crippen LogP contribution in [0, 0.1) is 19.7 Å². The number of nitrogens with zero attached hydrogens (tertiary/aromatic N) is 3. The van der Waals surface area contributed by atoms with Crippen molar-refractivity contribution in [2.75, 3.05) is 11.9 Å². The second kappa shape index (κ2) is 8.09. The summed E-state index contributed by atoms with van der Waals surface area (Å²) in [6, 6.07) is 8.12. The molecule has 0 aliphatic carbocycles. The van der Waals surface area contributed by atoms with Crippen LogP contribution in [0.2, 0.25) is 0 Å². The van der Waals surface area contributed by atoms with Crippen LogP contribution in [-0.4, -0.2) is 27.3 Å². The van der Waals surface area contributed by atoms with Gasteiger partial charge < -0.3 is 10.6 Å². The van der Waals surface area contributed by atoms with E-state index in [-0.39, 0.29) is 24.5 Å². The molecule has 0 unspecified atom stereocenters. The van der Waals surface area contributed by atoms with Crippen LogP contribution in [0.15, 0.2) is 41.2 Å². The Kier molecular flexibility index (Phi) is 5.60. The van der Waals surface area contributed by atoms with Crippen molar-refractivity contribution >= 4 is 23.1 Å². The molecule has 3 aromatic rings. The van der Waals surface area contributed by atoms with E-state index in [0.717, 1.165) is 15.6 Å². The second-order valence-electron chi connectivity index (χ2n) is 5.82. The van der Waals surface area contributed by atoms with E-state index in [1.165, 1.54) is 46.4 Å². The number of thiazole rings is 1. The van der Waals surface area contributed by atoms with Crippen molar-refractivity contribution < 1.29 is 9.18 Å². The van der Waals surface area contributed by atoms with Crippen molar-refractivity contribution in [2.45, 2.75) is 20.4 Å².